The number of methoxy groups -OCH3 is 1. The predicted octanol–water partition coefficient (Wildman–Crippen LogP) is 4.52. The number of likely N-dealkylation sites (N-methyl/N-ethyl adjacent to an activating group) is 1. The number of hydrogen-bond acceptors (Lipinski definition) is 3. The lowest BCUT2D eigenvalue weighted by atomic mass is 10.0. The number of nitrogens with one attached hydrogen (secondary N) is 1. The zero-order valence-electron chi connectivity index (χ0n) is 10.7. The fourth-order valence-corrected chi connectivity index (χ4v) is 3.64. The zero-order chi connectivity index (χ0) is 13.8. The van der Waals surface area contributed by atoms with E-state index in [0.717, 1.165) is 22.8 Å². The fourth-order valence-electron chi connectivity index (χ4n) is 2.02. The second-order valence-corrected chi connectivity index (χ2v) is 7.43. The van der Waals surface area contributed by atoms with Crippen LogP contribution in [0, 0.1) is 2.88 Å². The number of halogens is 2. The first-order chi connectivity index (χ1) is 9.13. The SMILES string of the molecule is CNC(Cc1cc(Cl)ccc1OC)c1csc(I)c1. The summed E-state index contributed by atoms with van der Waals surface area (Å²) in [5.41, 5.74) is 2.43. The van der Waals surface area contributed by atoms with Gasteiger partial charge in [-0.15, -0.1) is 11.3 Å². The van der Waals surface area contributed by atoms with E-state index in [1.165, 1.54) is 8.45 Å². The predicted molar refractivity (Wildman–Crippen MR) is 90.5 cm³/mol. The van der Waals surface area contributed by atoms with Crippen LogP contribution in [0.4, 0.5) is 0 Å². The monoisotopic (exact) mass is 407 g/mol. The van der Waals surface area contributed by atoms with Gasteiger partial charge in [0.05, 0.1) is 9.99 Å². The summed E-state index contributed by atoms with van der Waals surface area (Å²) in [4.78, 5) is 0. The Morgan fingerprint density at radius 2 is 2.21 bits per heavy atom. The molecule has 0 saturated heterocycles. The van der Waals surface area contributed by atoms with Crippen molar-refractivity contribution in [1.82, 2.24) is 5.32 Å². The Labute approximate surface area is 136 Å². The van der Waals surface area contributed by atoms with E-state index in [1.54, 1.807) is 18.4 Å². The quantitative estimate of drug-likeness (QED) is 0.736. The molecule has 0 aliphatic heterocycles. The molecule has 0 aliphatic rings. The van der Waals surface area contributed by atoms with Crippen LogP contribution < -0.4 is 10.1 Å². The Morgan fingerprint density at radius 3 is 2.79 bits per heavy atom. The van der Waals surface area contributed by atoms with Crippen LogP contribution >= 0.6 is 45.5 Å². The molecule has 2 aromatic rings. The Morgan fingerprint density at radius 1 is 1.42 bits per heavy atom. The molecule has 0 amide bonds. The molecule has 0 spiro atoms. The summed E-state index contributed by atoms with van der Waals surface area (Å²) in [5.74, 6) is 0.884. The molecule has 0 fully saturated rings. The minimum atomic E-state index is 0.270. The molecular weight excluding hydrogens is 393 g/mol. The van der Waals surface area contributed by atoms with E-state index in [0.29, 0.717) is 0 Å². The van der Waals surface area contributed by atoms with Crippen LogP contribution in [-0.4, -0.2) is 14.2 Å². The molecule has 2 rings (SSSR count). The van der Waals surface area contributed by atoms with Gasteiger partial charge in [-0.25, -0.2) is 0 Å². The van der Waals surface area contributed by atoms with Gasteiger partial charge >= 0.3 is 0 Å². The zero-order valence-corrected chi connectivity index (χ0v) is 14.5. The molecule has 102 valence electrons. The van der Waals surface area contributed by atoms with Gasteiger partial charge in [-0.3, -0.25) is 0 Å². The number of thiophene rings is 1. The average molecular weight is 408 g/mol. The Kier molecular flexibility index (Phi) is 5.50. The molecule has 0 bridgehead atoms. The molecule has 1 unspecified atom stereocenters. The normalized spacial score (nSPS) is 12.4. The molecule has 2 nitrogen and oxygen atoms in total. The van der Waals surface area contributed by atoms with E-state index in [1.807, 2.05) is 25.2 Å². The summed E-state index contributed by atoms with van der Waals surface area (Å²) in [7, 11) is 3.67. The molecule has 1 aromatic heterocycles. The second kappa shape index (κ2) is 6.92. The van der Waals surface area contributed by atoms with Gasteiger partial charge in [0.1, 0.15) is 5.75 Å². The lowest BCUT2D eigenvalue weighted by Crippen LogP contribution is -2.18. The summed E-state index contributed by atoms with van der Waals surface area (Å²) in [6.07, 6.45) is 0.854. The highest BCUT2D eigenvalue weighted by molar-refractivity contribution is 14.1. The van der Waals surface area contributed by atoms with Crippen molar-refractivity contribution in [3.05, 3.63) is 48.7 Å². The van der Waals surface area contributed by atoms with Crippen molar-refractivity contribution in [3.8, 4) is 5.75 Å². The first-order valence-electron chi connectivity index (χ1n) is 5.87. The van der Waals surface area contributed by atoms with Gasteiger partial charge in [0.2, 0.25) is 0 Å². The van der Waals surface area contributed by atoms with Gasteiger partial charge in [0.25, 0.3) is 0 Å². The first kappa shape index (κ1) is 15.1. The molecule has 1 aromatic carbocycles. The summed E-state index contributed by atoms with van der Waals surface area (Å²) in [5, 5.41) is 6.29. The van der Waals surface area contributed by atoms with E-state index in [4.69, 9.17) is 16.3 Å². The lowest BCUT2D eigenvalue weighted by molar-refractivity contribution is 0.406. The molecule has 1 N–H and O–H groups in total. The van der Waals surface area contributed by atoms with Crippen LogP contribution in [0.2, 0.25) is 5.02 Å². The first-order valence-corrected chi connectivity index (χ1v) is 8.21. The molecule has 1 atom stereocenters. The third kappa shape index (κ3) is 3.84. The molecule has 5 heteroatoms. The van der Waals surface area contributed by atoms with Crippen LogP contribution in [0.5, 0.6) is 5.75 Å². The summed E-state index contributed by atoms with van der Waals surface area (Å²) < 4.78 is 6.70. The second-order valence-electron chi connectivity index (χ2n) is 4.19. The number of benzene rings is 1. The molecule has 19 heavy (non-hydrogen) atoms. The summed E-state index contributed by atoms with van der Waals surface area (Å²) in [6, 6.07) is 8.23. The Hall–Kier alpha value is -0.300. The third-order valence-corrected chi connectivity index (χ3v) is 5.05. The summed E-state index contributed by atoms with van der Waals surface area (Å²) in [6.45, 7) is 0. The Bertz CT molecular complexity index is 558. The summed E-state index contributed by atoms with van der Waals surface area (Å²) >= 11 is 10.2. The van der Waals surface area contributed by atoms with Crippen LogP contribution in [0.3, 0.4) is 0 Å². The van der Waals surface area contributed by atoms with Crippen molar-refractivity contribution in [2.45, 2.75) is 12.5 Å². The molecule has 0 aliphatic carbocycles. The van der Waals surface area contributed by atoms with Crippen molar-refractivity contribution in [3.63, 3.8) is 0 Å². The van der Waals surface area contributed by atoms with Crippen molar-refractivity contribution in [2.24, 2.45) is 0 Å². The topological polar surface area (TPSA) is 21.3 Å². The van der Waals surface area contributed by atoms with Crippen LogP contribution in [-0.2, 0) is 6.42 Å². The minimum Gasteiger partial charge on any atom is -0.496 e. The highest BCUT2D eigenvalue weighted by Crippen LogP contribution is 2.29. The van der Waals surface area contributed by atoms with Gasteiger partial charge in [-0.05, 0) is 76.8 Å². The van der Waals surface area contributed by atoms with E-state index in [-0.39, 0.29) is 6.04 Å². The van der Waals surface area contributed by atoms with Crippen molar-refractivity contribution in [1.29, 1.82) is 0 Å². The highest BCUT2D eigenvalue weighted by Gasteiger charge is 2.14. The van der Waals surface area contributed by atoms with Crippen molar-refractivity contribution >= 4 is 45.5 Å². The van der Waals surface area contributed by atoms with Gasteiger partial charge in [0, 0.05) is 11.1 Å². The van der Waals surface area contributed by atoms with Crippen molar-refractivity contribution < 1.29 is 4.74 Å². The maximum absolute atomic E-state index is 6.08. The maximum Gasteiger partial charge on any atom is 0.122 e. The smallest absolute Gasteiger partial charge is 0.122 e. The van der Waals surface area contributed by atoms with E-state index < -0.39 is 0 Å². The minimum absolute atomic E-state index is 0.270. The van der Waals surface area contributed by atoms with E-state index >= 15 is 0 Å². The standard InChI is InChI=1S/C14H15ClINOS/c1-17-12(10-7-14(16)19-8-10)6-9-5-11(15)3-4-13(9)18-2/h3-5,7-8,12,17H,6H2,1-2H3. The molecular formula is C14H15ClINOS. The number of hydrogen-bond donors (Lipinski definition) is 1. The number of rotatable bonds is 5. The van der Waals surface area contributed by atoms with Crippen molar-refractivity contribution in [2.75, 3.05) is 14.2 Å². The lowest BCUT2D eigenvalue weighted by Gasteiger charge is -2.17. The van der Waals surface area contributed by atoms with E-state index in [2.05, 4.69) is 39.4 Å². The Balaban J connectivity index is 2.25. The highest BCUT2D eigenvalue weighted by atomic mass is 127. The largest absolute Gasteiger partial charge is 0.496 e. The average Bonchev–Trinajstić information content (AvgIpc) is 2.82. The van der Waals surface area contributed by atoms with Gasteiger partial charge in [-0.2, -0.15) is 0 Å². The van der Waals surface area contributed by atoms with Gasteiger partial charge in [-0.1, -0.05) is 11.6 Å². The fraction of sp³-hybridized carbons (Fsp3) is 0.286. The maximum atomic E-state index is 6.08. The number of ether oxygens (including phenoxy) is 1. The molecule has 1 heterocycles. The van der Waals surface area contributed by atoms with Crippen LogP contribution in [0.15, 0.2) is 29.6 Å². The van der Waals surface area contributed by atoms with E-state index in [9.17, 15) is 0 Å². The van der Waals surface area contributed by atoms with Gasteiger partial charge in [0.15, 0.2) is 0 Å². The molecule has 0 saturated carbocycles. The van der Waals surface area contributed by atoms with Crippen LogP contribution in [0.25, 0.3) is 0 Å². The van der Waals surface area contributed by atoms with Crippen LogP contribution in [0.1, 0.15) is 17.2 Å². The molecule has 0 radical (unpaired) electrons. The third-order valence-electron chi connectivity index (χ3n) is 3.01. The van der Waals surface area contributed by atoms with Gasteiger partial charge < -0.3 is 10.1 Å².